The summed E-state index contributed by atoms with van der Waals surface area (Å²) in [5, 5.41) is 5.64. The van der Waals surface area contributed by atoms with Crippen molar-refractivity contribution in [2.45, 2.75) is 41.5 Å². The van der Waals surface area contributed by atoms with E-state index in [9.17, 15) is 0 Å². The summed E-state index contributed by atoms with van der Waals surface area (Å²) in [6.45, 7) is 13.2. The minimum atomic E-state index is -0.826. The van der Waals surface area contributed by atoms with Gasteiger partial charge in [-0.3, -0.25) is 0 Å². The number of benzene rings is 2. The van der Waals surface area contributed by atoms with Gasteiger partial charge >= 0.3 is 37.9 Å². The van der Waals surface area contributed by atoms with E-state index in [2.05, 4.69) is 90.1 Å². The molecule has 4 aromatic rings. The van der Waals surface area contributed by atoms with Gasteiger partial charge in [0, 0.05) is 0 Å². The van der Waals surface area contributed by atoms with Crippen LogP contribution in [0.1, 0.15) is 33.4 Å². The summed E-state index contributed by atoms with van der Waals surface area (Å²) in [4.78, 5) is 0. The summed E-state index contributed by atoms with van der Waals surface area (Å²) < 4.78 is 0. The van der Waals surface area contributed by atoms with Crippen molar-refractivity contribution >= 4 is 38.6 Å². The SMILES string of the molecule is Cc1c(C)[c-](C)c2ccccc12.Cc1c(C)[c-](C)c2ccccc12.[Cl][Zr+2][Cl]. The third-order valence-electron chi connectivity index (χ3n) is 5.72. The Balaban J connectivity index is 0.000000170. The van der Waals surface area contributed by atoms with Gasteiger partial charge in [-0.1, -0.05) is 53.7 Å². The van der Waals surface area contributed by atoms with Crippen molar-refractivity contribution in [3.05, 3.63) is 81.9 Å². The molecule has 3 heteroatoms. The quantitative estimate of drug-likeness (QED) is 0.224. The van der Waals surface area contributed by atoms with Gasteiger partial charge in [0.15, 0.2) is 0 Å². The summed E-state index contributed by atoms with van der Waals surface area (Å²) in [6, 6.07) is 17.2. The van der Waals surface area contributed by atoms with Gasteiger partial charge in [0.05, 0.1) is 0 Å². The van der Waals surface area contributed by atoms with Gasteiger partial charge in [0.2, 0.25) is 0 Å². The average Bonchev–Trinajstić information content (AvgIpc) is 3.04. The van der Waals surface area contributed by atoms with Gasteiger partial charge in [-0.25, -0.2) is 0 Å². The number of rotatable bonds is 0. The molecule has 0 saturated carbocycles. The summed E-state index contributed by atoms with van der Waals surface area (Å²) in [5.74, 6) is 0. The Morgan fingerprint density at radius 3 is 1.22 bits per heavy atom. The van der Waals surface area contributed by atoms with Crippen LogP contribution in [0.15, 0.2) is 48.5 Å². The first kappa shape index (κ1) is 22.4. The van der Waals surface area contributed by atoms with E-state index in [1.54, 1.807) is 0 Å². The fourth-order valence-electron chi connectivity index (χ4n) is 3.64. The van der Waals surface area contributed by atoms with Crippen LogP contribution in [0, 0.1) is 41.5 Å². The molecule has 140 valence electrons. The van der Waals surface area contributed by atoms with Crippen molar-refractivity contribution in [1.82, 2.24) is 0 Å². The molecule has 0 saturated heterocycles. The van der Waals surface area contributed by atoms with Gasteiger partial charge in [0.1, 0.15) is 0 Å². The predicted octanol–water partition coefficient (Wildman–Crippen LogP) is 8.34. The van der Waals surface area contributed by atoms with Gasteiger partial charge in [-0.2, -0.15) is 11.1 Å². The van der Waals surface area contributed by atoms with Crippen molar-refractivity contribution in [3.63, 3.8) is 0 Å². The molecule has 0 bridgehead atoms. The Morgan fingerprint density at radius 2 is 0.926 bits per heavy atom. The van der Waals surface area contributed by atoms with Crippen molar-refractivity contribution < 1.29 is 20.8 Å². The molecule has 4 rings (SSSR count). The van der Waals surface area contributed by atoms with Crippen LogP contribution in [-0.4, -0.2) is 0 Å². The average molecular weight is 477 g/mol. The molecule has 0 nitrogen and oxygen atoms in total. The Labute approximate surface area is 181 Å². The Kier molecular flexibility index (Phi) is 8.35. The van der Waals surface area contributed by atoms with Crippen LogP contribution >= 0.6 is 17.0 Å². The van der Waals surface area contributed by atoms with E-state index < -0.39 is 20.8 Å². The summed E-state index contributed by atoms with van der Waals surface area (Å²) >= 11 is -0.826. The van der Waals surface area contributed by atoms with Crippen molar-refractivity contribution in [1.29, 1.82) is 0 Å². The third-order valence-corrected chi connectivity index (χ3v) is 5.72. The van der Waals surface area contributed by atoms with Crippen LogP contribution < -0.4 is 0 Å². The van der Waals surface area contributed by atoms with Gasteiger partial charge < -0.3 is 0 Å². The molecule has 0 N–H and O–H groups in total. The molecule has 0 aliphatic carbocycles. The van der Waals surface area contributed by atoms with E-state index in [1.165, 1.54) is 54.9 Å². The van der Waals surface area contributed by atoms with Crippen LogP contribution in [0.3, 0.4) is 0 Å². The van der Waals surface area contributed by atoms with Crippen molar-refractivity contribution in [2.24, 2.45) is 0 Å². The molecular weight excluding hydrogens is 450 g/mol. The zero-order valence-electron chi connectivity index (χ0n) is 16.9. The van der Waals surface area contributed by atoms with E-state index >= 15 is 0 Å². The summed E-state index contributed by atoms with van der Waals surface area (Å²) in [6.07, 6.45) is 0. The number of halogens is 2. The second-order valence-electron chi connectivity index (χ2n) is 6.91. The Hall–Kier alpha value is -0.877. The molecule has 0 spiro atoms. The fraction of sp³-hybridized carbons (Fsp3) is 0.250. The first-order valence-electron chi connectivity index (χ1n) is 9.03. The number of hydrogen-bond donors (Lipinski definition) is 0. The first-order valence-corrected chi connectivity index (χ1v) is 15.4. The van der Waals surface area contributed by atoms with Crippen molar-refractivity contribution in [2.75, 3.05) is 0 Å². The molecule has 0 unspecified atom stereocenters. The maximum atomic E-state index is 4.93. The zero-order chi connectivity index (χ0) is 20.1. The first-order chi connectivity index (χ1) is 12.8. The van der Waals surface area contributed by atoms with Gasteiger partial charge in [-0.15, -0.1) is 80.2 Å². The minimum absolute atomic E-state index is 0.826. The van der Waals surface area contributed by atoms with E-state index in [4.69, 9.17) is 17.0 Å². The number of fused-ring (bicyclic) bond motifs is 2. The Bertz CT molecular complexity index is 876. The Morgan fingerprint density at radius 1 is 0.630 bits per heavy atom. The fourth-order valence-corrected chi connectivity index (χ4v) is 3.64. The molecule has 0 heterocycles. The van der Waals surface area contributed by atoms with E-state index in [1.807, 2.05) is 0 Å². The normalized spacial score (nSPS) is 10.1. The molecule has 0 atom stereocenters. The van der Waals surface area contributed by atoms with E-state index in [-0.39, 0.29) is 0 Å². The third kappa shape index (κ3) is 4.76. The van der Waals surface area contributed by atoms with Crippen LogP contribution in [0.25, 0.3) is 21.5 Å². The summed E-state index contributed by atoms with van der Waals surface area (Å²) in [7, 11) is 9.87. The molecule has 27 heavy (non-hydrogen) atoms. The monoisotopic (exact) mass is 474 g/mol. The molecule has 0 aliphatic heterocycles. The molecule has 4 aromatic carbocycles. The topological polar surface area (TPSA) is 0 Å². The summed E-state index contributed by atoms with van der Waals surface area (Å²) in [5.41, 5.74) is 8.62. The van der Waals surface area contributed by atoms with Crippen molar-refractivity contribution in [3.8, 4) is 0 Å². The second kappa shape index (κ2) is 10.1. The van der Waals surface area contributed by atoms with Crippen LogP contribution in [0.2, 0.25) is 0 Å². The number of aryl methyl sites for hydroxylation is 4. The van der Waals surface area contributed by atoms with E-state index in [0.29, 0.717) is 0 Å². The van der Waals surface area contributed by atoms with E-state index in [0.717, 1.165) is 0 Å². The van der Waals surface area contributed by atoms with Crippen LogP contribution in [0.4, 0.5) is 0 Å². The maximum absolute atomic E-state index is 4.93. The molecule has 0 aliphatic rings. The van der Waals surface area contributed by atoms with Gasteiger partial charge in [0.25, 0.3) is 0 Å². The van der Waals surface area contributed by atoms with Crippen LogP contribution in [-0.2, 0) is 20.8 Å². The molecule has 0 radical (unpaired) electrons. The molecular formula is C24H26Cl2Zr. The standard InChI is InChI=1S/2C12H13.2ClH.Zr/c2*1-8-9(2)11-6-4-5-7-12(11)10(8)3;;;/h2*4-7H,1-3H3;2*1H;/q2*-1;;;+4/p-2. The molecule has 0 aromatic heterocycles. The zero-order valence-corrected chi connectivity index (χ0v) is 20.8. The van der Waals surface area contributed by atoms with Crippen LogP contribution in [0.5, 0.6) is 0 Å². The predicted molar refractivity (Wildman–Crippen MR) is 119 cm³/mol. The molecule has 0 amide bonds. The molecule has 0 fully saturated rings. The van der Waals surface area contributed by atoms with Gasteiger partial charge in [-0.05, 0) is 0 Å². The number of hydrogen-bond acceptors (Lipinski definition) is 0. The second-order valence-corrected chi connectivity index (χ2v) is 10.6.